The van der Waals surface area contributed by atoms with Gasteiger partial charge in [0, 0.05) is 12.2 Å². The molecule has 120 valence electrons. The summed E-state index contributed by atoms with van der Waals surface area (Å²) in [6.07, 6.45) is 2.97. The van der Waals surface area contributed by atoms with Crippen LogP contribution in [0.25, 0.3) is 0 Å². The first kappa shape index (κ1) is 17.0. The van der Waals surface area contributed by atoms with Gasteiger partial charge in [-0.2, -0.15) is 0 Å². The van der Waals surface area contributed by atoms with Gasteiger partial charge in [-0.1, -0.05) is 30.3 Å². The summed E-state index contributed by atoms with van der Waals surface area (Å²) in [5.74, 6) is -0.740. The molecule has 0 atom stereocenters. The van der Waals surface area contributed by atoms with Crippen molar-refractivity contribution in [2.45, 2.75) is 19.3 Å². The van der Waals surface area contributed by atoms with Crippen molar-refractivity contribution in [3.63, 3.8) is 0 Å². The Labute approximate surface area is 141 Å². The standard InChI is InChI=1S/C18H18N2O2.ClH/c19-17(21)14-9-2-3-10-15(14)18(22)20-12-6-5-8-13-7-1-4-11-16(13)20;/h1-4,7,9-11H,5-6,8,12H2,(H2,19,21);1H. The summed E-state index contributed by atoms with van der Waals surface area (Å²) in [4.78, 5) is 26.3. The van der Waals surface area contributed by atoms with Crippen LogP contribution in [0.15, 0.2) is 48.5 Å². The summed E-state index contributed by atoms with van der Waals surface area (Å²) >= 11 is 0. The molecule has 2 aromatic carbocycles. The van der Waals surface area contributed by atoms with Crippen LogP contribution in [0.5, 0.6) is 0 Å². The van der Waals surface area contributed by atoms with Crippen molar-refractivity contribution in [2.75, 3.05) is 11.4 Å². The second-order valence-electron chi connectivity index (χ2n) is 5.45. The van der Waals surface area contributed by atoms with Crippen molar-refractivity contribution in [1.29, 1.82) is 0 Å². The smallest absolute Gasteiger partial charge is 0.259 e. The van der Waals surface area contributed by atoms with Crippen LogP contribution in [0, 0.1) is 0 Å². The van der Waals surface area contributed by atoms with Crippen molar-refractivity contribution in [2.24, 2.45) is 5.73 Å². The number of nitrogens with zero attached hydrogens (tertiary/aromatic N) is 1. The minimum absolute atomic E-state index is 0. The summed E-state index contributed by atoms with van der Waals surface area (Å²) in [6.45, 7) is 0.656. The van der Waals surface area contributed by atoms with Crippen LogP contribution in [-0.4, -0.2) is 18.4 Å². The number of rotatable bonds is 2. The maximum Gasteiger partial charge on any atom is 0.259 e. The average molecular weight is 331 g/mol. The molecule has 2 N–H and O–H groups in total. The van der Waals surface area contributed by atoms with Crippen LogP contribution >= 0.6 is 12.4 Å². The van der Waals surface area contributed by atoms with E-state index < -0.39 is 5.91 Å². The van der Waals surface area contributed by atoms with Gasteiger partial charge in [0.1, 0.15) is 0 Å². The Balaban J connectivity index is 0.00000192. The Kier molecular flexibility index (Phi) is 5.40. The highest BCUT2D eigenvalue weighted by Crippen LogP contribution is 2.28. The van der Waals surface area contributed by atoms with Crippen molar-refractivity contribution in [1.82, 2.24) is 0 Å². The third-order valence-corrected chi connectivity index (χ3v) is 4.03. The third kappa shape index (κ3) is 3.37. The summed E-state index contributed by atoms with van der Waals surface area (Å²) in [6, 6.07) is 14.7. The van der Waals surface area contributed by atoms with E-state index in [2.05, 4.69) is 6.07 Å². The number of nitrogens with two attached hydrogens (primary N) is 1. The largest absolute Gasteiger partial charge is 0.366 e. The molecule has 0 radical (unpaired) electrons. The van der Waals surface area contributed by atoms with Crippen LogP contribution in [0.4, 0.5) is 5.69 Å². The van der Waals surface area contributed by atoms with Gasteiger partial charge in [0.05, 0.1) is 11.1 Å². The summed E-state index contributed by atoms with van der Waals surface area (Å²) in [5.41, 5.74) is 8.14. The quantitative estimate of drug-likeness (QED) is 0.919. The lowest BCUT2D eigenvalue weighted by Crippen LogP contribution is -2.33. The maximum atomic E-state index is 13.0. The highest BCUT2D eigenvalue weighted by Gasteiger charge is 2.24. The Morgan fingerprint density at radius 3 is 2.30 bits per heavy atom. The maximum absolute atomic E-state index is 13.0. The van der Waals surface area contributed by atoms with Gasteiger partial charge in [-0.25, -0.2) is 0 Å². The van der Waals surface area contributed by atoms with Crippen LogP contribution < -0.4 is 10.6 Å². The second-order valence-corrected chi connectivity index (χ2v) is 5.45. The third-order valence-electron chi connectivity index (χ3n) is 4.03. The lowest BCUT2D eigenvalue weighted by Gasteiger charge is -2.23. The molecule has 0 unspecified atom stereocenters. The Morgan fingerprint density at radius 1 is 0.913 bits per heavy atom. The van der Waals surface area contributed by atoms with E-state index in [0.29, 0.717) is 12.1 Å². The molecule has 0 bridgehead atoms. The molecule has 5 heteroatoms. The molecule has 0 fully saturated rings. The van der Waals surface area contributed by atoms with E-state index in [9.17, 15) is 9.59 Å². The number of carbonyl (C=O) groups is 2. The molecule has 2 amide bonds. The van der Waals surface area contributed by atoms with Gasteiger partial charge in [0.15, 0.2) is 0 Å². The van der Waals surface area contributed by atoms with Crippen LogP contribution in [0.1, 0.15) is 39.1 Å². The van der Waals surface area contributed by atoms with E-state index in [-0.39, 0.29) is 23.9 Å². The Hall–Kier alpha value is -2.33. The summed E-state index contributed by atoms with van der Waals surface area (Å²) in [7, 11) is 0. The van der Waals surface area contributed by atoms with Gasteiger partial charge in [-0.3, -0.25) is 9.59 Å². The Bertz CT molecular complexity index is 730. The molecule has 2 aromatic rings. The molecular weight excluding hydrogens is 312 g/mol. The number of para-hydroxylation sites is 1. The topological polar surface area (TPSA) is 63.4 Å². The highest BCUT2D eigenvalue weighted by molar-refractivity contribution is 6.13. The first-order chi connectivity index (χ1) is 10.7. The van der Waals surface area contributed by atoms with Gasteiger partial charge in [0.25, 0.3) is 5.91 Å². The van der Waals surface area contributed by atoms with E-state index in [4.69, 9.17) is 5.73 Å². The molecule has 0 aliphatic carbocycles. The minimum atomic E-state index is -0.577. The molecule has 3 rings (SSSR count). The SMILES string of the molecule is Cl.NC(=O)c1ccccc1C(=O)N1CCCCc2ccccc21. The van der Waals surface area contributed by atoms with Crippen molar-refractivity contribution < 1.29 is 9.59 Å². The fraction of sp³-hybridized carbons (Fsp3) is 0.222. The van der Waals surface area contributed by atoms with E-state index in [1.807, 2.05) is 18.2 Å². The first-order valence-electron chi connectivity index (χ1n) is 7.47. The number of hydrogen-bond donors (Lipinski definition) is 1. The van der Waals surface area contributed by atoms with Gasteiger partial charge in [0.2, 0.25) is 5.91 Å². The molecule has 0 saturated carbocycles. The van der Waals surface area contributed by atoms with E-state index >= 15 is 0 Å². The number of hydrogen-bond acceptors (Lipinski definition) is 2. The molecule has 0 saturated heterocycles. The average Bonchev–Trinajstić information content (AvgIpc) is 2.76. The number of fused-ring (bicyclic) bond motifs is 1. The second kappa shape index (κ2) is 7.29. The summed E-state index contributed by atoms with van der Waals surface area (Å²) in [5, 5.41) is 0. The zero-order valence-electron chi connectivity index (χ0n) is 12.7. The normalized spacial score (nSPS) is 13.5. The zero-order chi connectivity index (χ0) is 15.5. The molecule has 1 aliphatic rings. The lowest BCUT2D eigenvalue weighted by molar-refractivity contribution is 0.0960. The minimum Gasteiger partial charge on any atom is -0.366 e. The Morgan fingerprint density at radius 2 is 1.57 bits per heavy atom. The molecule has 1 aliphatic heterocycles. The monoisotopic (exact) mass is 330 g/mol. The van der Waals surface area contributed by atoms with Gasteiger partial charge < -0.3 is 10.6 Å². The van der Waals surface area contributed by atoms with Crippen molar-refractivity contribution in [3.05, 3.63) is 65.2 Å². The molecule has 0 spiro atoms. The number of aryl methyl sites for hydroxylation is 1. The highest BCUT2D eigenvalue weighted by atomic mass is 35.5. The first-order valence-corrected chi connectivity index (χ1v) is 7.47. The molecule has 0 aromatic heterocycles. The number of benzene rings is 2. The van der Waals surface area contributed by atoms with E-state index in [1.165, 1.54) is 5.56 Å². The fourth-order valence-corrected chi connectivity index (χ4v) is 2.93. The van der Waals surface area contributed by atoms with E-state index in [1.54, 1.807) is 29.2 Å². The number of carbonyl (C=O) groups excluding carboxylic acids is 2. The van der Waals surface area contributed by atoms with Crippen molar-refractivity contribution >= 4 is 29.9 Å². The van der Waals surface area contributed by atoms with Gasteiger partial charge in [-0.15, -0.1) is 12.4 Å². The fourth-order valence-electron chi connectivity index (χ4n) is 2.93. The zero-order valence-corrected chi connectivity index (χ0v) is 13.5. The van der Waals surface area contributed by atoms with Crippen molar-refractivity contribution in [3.8, 4) is 0 Å². The number of halogens is 1. The van der Waals surface area contributed by atoms with Crippen LogP contribution in [0.3, 0.4) is 0 Å². The number of amides is 2. The van der Waals surface area contributed by atoms with Gasteiger partial charge in [-0.05, 0) is 43.0 Å². The predicted molar refractivity (Wildman–Crippen MR) is 93.3 cm³/mol. The predicted octanol–water partition coefficient (Wildman–Crippen LogP) is 3.19. The lowest BCUT2D eigenvalue weighted by atomic mass is 10.0. The van der Waals surface area contributed by atoms with Crippen LogP contribution in [0.2, 0.25) is 0 Å². The molecule has 1 heterocycles. The number of primary amides is 1. The molecule has 4 nitrogen and oxygen atoms in total. The molecule has 23 heavy (non-hydrogen) atoms. The van der Waals surface area contributed by atoms with Crippen LogP contribution in [-0.2, 0) is 6.42 Å². The number of anilines is 1. The van der Waals surface area contributed by atoms with Gasteiger partial charge >= 0.3 is 0 Å². The summed E-state index contributed by atoms with van der Waals surface area (Å²) < 4.78 is 0. The molecular formula is C18H19ClN2O2. The van der Waals surface area contributed by atoms with E-state index in [0.717, 1.165) is 24.9 Å².